The van der Waals surface area contributed by atoms with Crippen LogP contribution in [0.5, 0.6) is 0 Å². The lowest BCUT2D eigenvalue weighted by Gasteiger charge is -2.13. The molecule has 0 aliphatic carbocycles. The zero-order valence-corrected chi connectivity index (χ0v) is 17.1. The number of ether oxygens (including phenoxy) is 1. The van der Waals surface area contributed by atoms with Gasteiger partial charge in [0.1, 0.15) is 10.6 Å². The van der Waals surface area contributed by atoms with Crippen LogP contribution in [-0.2, 0) is 10.9 Å². The lowest BCUT2D eigenvalue weighted by atomic mass is 10.1. The van der Waals surface area contributed by atoms with Crippen molar-refractivity contribution in [2.45, 2.75) is 20.0 Å². The van der Waals surface area contributed by atoms with Crippen LogP contribution in [0.2, 0.25) is 10.0 Å². The highest BCUT2D eigenvalue weighted by atomic mass is 35.5. The maximum atomic E-state index is 13.7. The second-order valence-electron chi connectivity index (χ2n) is 6.11. The van der Waals surface area contributed by atoms with Crippen molar-refractivity contribution in [3.8, 4) is 11.4 Å². The van der Waals surface area contributed by atoms with Gasteiger partial charge in [-0.2, -0.15) is 18.3 Å². The zero-order chi connectivity index (χ0) is 22.2. The number of alkyl halides is 3. The summed E-state index contributed by atoms with van der Waals surface area (Å²) in [4.78, 5) is 24.3. The second-order valence-corrected chi connectivity index (χ2v) is 6.89. The minimum Gasteiger partial charge on any atom is -0.462 e. The molecule has 0 radical (unpaired) electrons. The van der Waals surface area contributed by atoms with Gasteiger partial charge in [-0.1, -0.05) is 23.2 Å². The molecular formula is C19H14Cl2F3N3O3. The molecule has 3 aromatic rings. The summed E-state index contributed by atoms with van der Waals surface area (Å²) in [7, 11) is 0. The number of hydrogen-bond acceptors (Lipinski definition) is 4. The van der Waals surface area contributed by atoms with Crippen LogP contribution in [0.3, 0.4) is 0 Å². The molecule has 2 heterocycles. The molecule has 0 saturated carbocycles. The molecule has 0 unspecified atom stereocenters. The molecule has 0 aliphatic rings. The van der Waals surface area contributed by atoms with Crippen LogP contribution in [-0.4, -0.2) is 26.9 Å². The maximum Gasteiger partial charge on any atom is 0.434 e. The number of carbonyl (C=O) groups is 1. The Bertz CT molecular complexity index is 1170. The topological polar surface area (TPSA) is 66.1 Å². The van der Waals surface area contributed by atoms with E-state index in [1.165, 1.54) is 54.9 Å². The van der Waals surface area contributed by atoms with E-state index in [1.807, 2.05) is 0 Å². The summed E-state index contributed by atoms with van der Waals surface area (Å²) in [6.45, 7) is 2.71. The van der Waals surface area contributed by atoms with Gasteiger partial charge in [0.15, 0.2) is 5.69 Å². The van der Waals surface area contributed by atoms with Gasteiger partial charge in [0, 0.05) is 11.9 Å². The fourth-order valence-electron chi connectivity index (χ4n) is 2.87. The molecule has 0 aliphatic heterocycles. The molecule has 3 rings (SSSR count). The quantitative estimate of drug-likeness (QED) is 0.523. The Balaban J connectivity index is 2.12. The monoisotopic (exact) mass is 459 g/mol. The summed E-state index contributed by atoms with van der Waals surface area (Å²) >= 11 is 11.7. The van der Waals surface area contributed by atoms with E-state index in [0.717, 1.165) is 0 Å². The van der Waals surface area contributed by atoms with Crippen LogP contribution in [0.4, 0.5) is 13.2 Å². The Morgan fingerprint density at radius 3 is 2.30 bits per heavy atom. The highest BCUT2D eigenvalue weighted by Crippen LogP contribution is 2.35. The van der Waals surface area contributed by atoms with Crippen LogP contribution in [0, 0.1) is 6.92 Å². The first-order valence-corrected chi connectivity index (χ1v) is 9.33. The highest BCUT2D eigenvalue weighted by Gasteiger charge is 2.42. The number of aryl methyl sites for hydroxylation is 1. The third kappa shape index (κ3) is 3.95. The number of aromatic nitrogens is 3. The molecule has 0 bridgehead atoms. The first-order chi connectivity index (χ1) is 14.1. The van der Waals surface area contributed by atoms with E-state index in [9.17, 15) is 22.8 Å². The average Bonchev–Trinajstić information content (AvgIpc) is 3.04. The number of esters is 1. The fraction of sp³-hybridized carbons (Fsp3) is 0.211. The molecule has 0 spiro atoms. The van der Waals surface area contributed by atoms with Gasteiger partial charge in [-0.25, -0.2) is 9.48 Å². The largest absolute Gasteiger partial charge is 0.462 e. The molecule has 0 fully saturated rings. The van der Waals surface area contributed by atoms with E-state index in [4.69, 9.17) is 27.9 Å². The number of carbonyl (C=O) groups excluding carboxylic acids is 1. The van der Waals surface area contributed by atoms with Crippen LogP contribution in [0.25, 0.3) is 11.4 Å². The van der Waals surface area contributed by atoms with E-state index in [0.29, 0.717) is 10.4 Å². The molecule has 0 N–H and O–H groups in total. The summed E-state index contributed by atoms with van der Waals surface area (Å²) < 4.78 is 47.8. The number of halogens is 5. The first-order valence-electron chi connectivity index (χ1n) is 8.57. The standard InChI is InChI=1S/C19H14Cl2F3N3O3/c1-3-30-18(29)14-10(2)25-27(16(14)19(22,23)24)12-6-4-11(5-7-12)26-9-8-13(20)15(21)17(26)28/h4-9H,3H2,1-2H3. The van der Waals surface area contributed by atoms with E-state index in [-0.39, 0.29) is 28.0 Å². The normalized spacial score (nSPS) is 11.6. The van der Waals surface area contributed by atoms with Gasteiger partial charge < -0.3 is 4.74 Å². The third-order valence-corrected chi connectivity index (χ3v) is 4.94. The van der Waals surface area contributed by atoms with Crippen molar-refractivity contribution in [2.24, 2.45) is 0 Å². The summed E-state index contributed by atoms with van der Waals surface area (Å²) in [6, 6.07) is 6.93. The number of rotatable bonds is 4. The third-order valence-electron chi connectivity index (χ3n) is 4.17. The number of nitrogens with zero attached hydrogens (tertiary/aromatic N) is 3. The molecule has 158 valence electrons. The first kappa shape index (κ1) is 21.9. The van der Waals surface area contributed by atoms with Crippen LogP contribution in [0.1, 0.15) is 28.7 Å². The summed E-state index contributed by atoms with van der Waals surface area (Å²) in [5.41, 5.74) is -2.19. The fourth-order valence-corrected chi connectivity index (χ4v) is 3.16. The summed E-state index contributed by atoms with van der Waals surface area (Å²) in [5.74, 6) is -1.10. The van der Waals surface area contributed by atoms with Gasteiger partial charge >= 0.3 is 12.1 Å². The van der Waals surface area contributed by atoms with Crippen molar-refractivity contribution in [3.63, 3.8) is 0 Å². The van der Waals surface area contributed by atoms with Gasteiger partial charge in [0.25, 0.3) is 5.56 Å². The molecule has 6 nitrogen and oxygen atoms in total. The number of pyridine rings is 1. The molecule has 30 heavy (non-hydrogen) atoms. The van der Waals surface area contributed by atoms with Crippen molar-refractivity contribution in [3.05, 3.63) is 73.9 Å². The molecule has 1 aromatic carbocycles. The van der Waals surface area contributed by atoms with Crippen molar-refractivity contribution in [1.29, 1.82) is 0 Å². The van der Waals surface area contributed by atoms with E-state index in [1.54, 1.807) is 0 Å². The van der Waals surface area contributed by atoms with E-state index < -0.39 is 29.0 Å². The Morgan fingerprint density at radius 2 is 1.73 bits per heavy atom. The molecule has 2 aromatic heterocycles. The van der Waals surface area contributed by atoms with Crippen LogP contribution in [0.15, 0.2) is 41.3 Å². The van der Waals surface area contributed by atoms with Crippen molar-refractivity contribution < 1.29 is 22.7 Å². The number of hydrogen-bond donors (Lipinski definition) is 0. The minimum absolute atomic E-state index is 0.0397. The Kier molecular flexibility index (Phi) is 5.96. The minimum atomic E-state index is -4.86. The SMILES string of the molecule is CCOC(=O)c1c(C)nn(-c2ccc(-n3ccc(Cl)c(Cl)c3=O)cc2)c1C(F)(F)F. The molecule has 11 heteroatoms. The molecule has 0 amide bonds. The lowest BCUT2D eigenvalue weighted by molar-refractivity contribution is -0.143. The highest BCUT2D eigenvalue weighted by molar-refractivity contribution is 6.41. The Labute approximate surface area is 178 Å². The summed E-state index contributed by atoms with van der Waals surface area (Å²) in [5, 5.41) is 3.79. The van der Waals surface area contributed by atoms with E-state index >= 15 is 0 Å². The zero-order valence-electron chi connectivity index (χ0n) is 15.6. The molecule has 0 saturated heterocycles. The lowest BCUT2D eigenvalue weighted by Crippen LogP contribution is -2.19. The van der Waals surface area contributed by atoms with Gasteiger partial charge in [-0.3, -0.25) is 9.36 Å². The van der Waals surface area contributed by atoms with Gasteiger partial charge in [0.2, 0.25) is 0 Å². The Morgan fingerprint density at radius 1 is 1.13 bits per heavy atom. The predicted molar refractivity (Wildman–Crippen MR) is 105 cm³/mol. The van der Waals surface area contributed by atoms with Gasteiger partial charge in [0.05, 0.1) is 23.0 Å². The average molecular weight is 460 g/mol. The molecule has 0 atom stereocenters. The number of benzene rings is 1. The molecular weight excluding hydrogens is 446 g/mol. The van der Waals surface area contributed by atoms with Crippen molar-refractivity contribution in [2.75, 3.05) is 6.61 Å². The Hall–Kier alpha value is -2.78. The van der Waals surface area contributed by atoms with Gasteiger partial charge in [-0.15, -0.1) is 0 Å². The predicted octanol–water partition coefficient (Wildman–Crippen LogP) is 4.83. The van der Waals surface area contributed by atoms with E-state index in [2.05, 4.69) is 5.10 Å². The smallest absolute Gasteiger partial charge is 0.434 e. The van der Waals surface area contributed by atoms with Crippen molar-refractivity contribution >= 4 is 29.2 Å². The van der Waals surface area contributed by atoms with Crippen molar-refractivity contribution in [1.82, 2.24) is 14.3 Å². The van der Waals surface area contributed by atoms with Gasteiger partial charge in [-0.05, 0) is 44.2 Å². The maximum absolute atomic E-state index is 13.7. The summed E-state index contributed by atoms with van der Waals surface area (Å²) in [6.07, 6.45) is -3.47. The van der Waals surface area contributed by atoms with Crippen LogP contribution >= 0.6 is 23.2 Å². The second kappa shape index (κ2) is 8.16. The van der Waals surface area contributed by atoms with Crippen LogP contribution < -0.4 is 5.56 Å².